The fourth-order valence-corrected chi connectivity index (χ4v) is 0.834. The minimum atomic E-state index is -1.09. The van der Waals surface area contributed by atoms with Crippen molar-refractivity contribution in [1.29, 1.82) is 0 Å². The van der Waals surface area contributed by atoms with Gasteiger partial charge in [0.05, 0.1) is 0 Å². The second kappa shape index (κ2) is 2.94. The van der Waals surface area contributed by atoms with Crippen LogP contribution in [0.2, 0.25) is 0 Å². The highest BCUT2D eigenvalue weighted by molar-refractivity contribution is 5.21. The van der Waals surface area contributed by atoms with E-state index in [-0.39, 0.29) is 17.9 Å². The van der Waals surface area contributed by atoms with E-state index in [1.165, 1.54) is 0 Å². The van der Waals surface area contributed by atoms with Gasteiger partial charge in [0.25, 0.3) is 0 Å². The minimum absolute atomic E-state index is 0.0281. The lowest BCUT2D eigenvalue weighted by Gasteiger charge is -2.27. The Morgan fingerprint density at radius 1 is 1.55 bits per heavy atom. The van der Waals surface area contributed by atoms with Crippen molar-refractivity contribution in [2.75, 3.05) is 6.61 Å². The highest BCUT2D eigenvalue weighted by Crippen LogP contribution is 2.21. The summed E-state index contributed by atoms with van der Waals surface area (Å²) in [6.45, 7) is 3.47. The Labute approximate surface area is 64.0 Å². The minimum Gasteiger partial charge on any atom is -0.512 e. The first-order valence-corrected chi connectivity index (χ1v) is 3.18. The Hall–Kier alpha value is -1.00. The SMILES string of the molecule is C=C1[C@@H](O)CO/C(=C/O)[C@H]1O. The van der Waals surface area contributed by atoms with Gasteiger partial charge in [-0.2, -0.15) is 0 Å². The third-order valence-corrected chi connectivity index (χ3v) is 1.58. The fraction of sp³-hybridized carbons (Fsp3) is 0.429. The first-order chi connectivity index (χ1) is 5.16. The van der Waals surface area contributed by atoms with E-state index in [1.54, 1.807) is 0 Å². The molecule has 3 N–H and O–H groups in total. The number of aliphatic hydroxyl groups excluding tert-OH is 3. The van der Waals surface area contributed by atoms with E-state index in [2.05, 4.69) is 6.58 Å². The molecule has 1 fully saturated rings. The molecular formula is C7H10O4. The lowest BCUT2D eigenvalue weighted by atomic mass is 10.0. The Morgan fingerprint density at radius 2 is 2.18 bits per heavy atom. The van der Waals surface area contributed by atoms with Crippen LogP contribution < -0.4 is 0 Å². The summed E-state index contributed by atoms with van der Waals surface area (Å²) in [5.41, 5.74) is 0.247. The van der Waals surface area contributed by atoms with E-state index in [4.69, 9.17) is 14.9 Å². The molecule has 0 saturated carbocycles. The number of hydrogen-bond acceptors (Lipinski definition) is 4. The zero-order chi connectivity index (χ0) is 8.43. The molecule has 62 valence electrons. The average Bonchev–Trinajstić information content (AvgIpc) is 2.01. The van der Waals surface area contributed by atoms with Crippen LogP contribution in [-0.4, -0.2) is 34.1 Å². The Morgan fingerprint density at radius 3 is 2.73 bits per heavy atom. The van der Waals surface area contributed by atoms with Gasteiger partial charge in [0.2, 0.25) is 0 Å². The Kier molecular flexibility index (Phi) is 2.16. The van der Waals surface area contributed by atoms with Gasteiger partial charge in [-0.1, -0.05) is 6.58 Å². The van der Waals surface area contributed by atoms with Gasteiger partial charge in [-0.15, -0.1) is 0 Å². The van der Waals surface area contributed by atoms with Crippen LogP contribution >= 0.6 is 0 Å². The lowest BCUT2D eigenvalue weighted by molar-refractivity contribution is 0.0120. The van der Waals surface area contributed by atoms with Crippen molar-refractivity contribution in [3.8, 4) is 0 Å². The van der Waals surface area contributed by atoms with Gasteiger partial charge in [-0.25, -0.2) is 0 Å². The largest absolute Gasteiger partial charge is 0.512 e. The van der Waals surface area contributed by atoms with E-state index in [1.807, 2.05) is 0 Å². The molecule has 0 radical (unpaired) electrons. The molecule has 2 atom stereocenters. The van der Waals surface area contributed by atoms with Crippen LogP contribution in [0, 0.1) is 0 Å². The van der Waals surface area contributed by atoms with Crippen molar-refractivity contribution in [3.05, 3.63) is 24.2 Å². The zero-order valence-corrected chi connectivity index (χ0v) is 5.90. The van der Waals surface area contributed by atoms with E-state index in [0.29, 0.717) is 6.26 Å². The normalized spacial score (nSPS) is 35.5. The zero-order valence-electron chi connectivity index (χ0n) is 5.90. The standard InChI is InChI=1S/C7H10O4/c1-4-5(9)3-11-6(2-8)7(4)10/h2,5,7-10H,1,3H2/b6-2+/t5-,7-/m0/s1. The van der Waals surface area contributed by atoms with Gasteiger partial charge in [0.1, 0.15) is 25.1 Å². The van der Waals surface area contributed by atoms with Crippen LogP contribution in [-0.2, 0) is 4.74 Å². The maximum Gasteiger partial charge on any atom is 0.163 e. The monoisotopic (exact) mass is 158 g/mol. The molecule has 0 amide bonds. The number of hydrogen-bond donors (Lipinski definition) is 3. The van der Waals surface area contributed by atoms with Gasteiger partial charge in [-0.3, -0.25) is 0 Å². The third-order valence-electron chi connectivity index (χ3n) is 1.58. The maximum absolute atomic E-state index is 9.20. The molecule has 4 nitrogen and oxygen atoms in total. The van der Waals surface area contributed by atoms with E-state index < -0.39 is 12.2 Å². The van der Waals surface area contributed by atoms with Crippen LogP contribution in [0.25, 0.3) is 0 Å². The summed E-state index contributed by atoms with van der Waals surface area (Å²) in [6.07, 6.45) is -1.28. The van der Waals surface area contributed by atoms with E-state index in [9.17, 15) is 5.11 Å². The maximum atomic E-state index is 9.20. The van der Waals surface area contributed by atoms with Crippen molar-refractivity contribution >= 4 is 0 Å². The molecule has 11 heavy (non-hydrogen) atoms. The third kappa shape index (κ3) is 1.36. The molecule has 0 bridgehead atoms. The summed E-state index contributed by atoms with van der Waals surface area (Å²) < 4.78 is 4.77. The first-order valence-electron chi connectivity index (χ1n) is 3.18. The summed E-state index contributed by atoms with van der Waals surface area (Å²) in [6, 6.07) is 0. The van der Waals surface area contributed by atoms with Gasteiger partial charge < -0.3 is 20.1 Å². The van der Waals surface area contributed by atoms with E-state index in [0.717, 1.165) is 0 Å². The molecule has 0 aromatic rings. The second-order valence-corrected chi connectivity index (χ2v) is 2.34. The molecule has 1 aliphatic rings. The summed E-state index contributed by atoms with van der Waals surface area (Å²) >= 11 is 0. The lowest BCUT2D eigenvalue weighted by Crippen LogP contribution is -2.33. The molecule has 0 aromatic carbocycles. The highest BCUT2D eigenvalue weighted by Gasteiger charge is 2.28. The summed E-state index contributed by atoms with van der Waals surface area (Å²) in [4.78, 5) is 0. The quantitative estimate of drug-likeness (QED) is 0.334. The molecular weight excluding hydrogens is 148 g/mol. The van der Waals surface area contributed by atoms with Gasteiger partial charge in [-0.05, 0) is 5.57 Å². The Balaban J connectivity index is 2.75. The van der Waals surface area contributed by atoms with Crippen LogP contribution in [0.3, 0.4) is 0 Å². The molecule has 0 unspecified atom stereocenters. The fourth-order valence-electron chi connectivity index (χ4n) is 0.834. The topological polar surface area (TPSA) is 69.9 Å². The predicted molar refractivity (Wildman–Crippen MR) is 37.8 cm³/mol. The van der Waals surface area contributed by atoms with Crippen LogP contribution in [0.15, 0.2) is 24.2 Å². The van der Waals surface area contributed by atoms with Crippen molar-refractivity contribution < 1.29 is 20.1 Å². The van der Waals surface area contributed by atoms with Crippen molar-refractivity contribution in [1.82, 2.24) is 0 Å². The van der Waals surface area contributed by atoms with Crippen LogP contribution in [0.4, 0.5) is 0 Å². The molecule has 1 rings (SSSR count). The molecule has 4 heteroatoms. The number of ether oxygens (including phenoxy) is 1. The number of aliphatic hydroxyl groups is 3. The highest BCUT2D eigenvalue weighted by atomic mass is 16.5. The molecule has 1 saturated heterocycles. The molecule has 0 spiro atoms. The van der Waals surface area contributed by atoms with Crippen LogP contribution in [0.1, 0.15) is 0 Å². The molecule has 1 heterocycles. The van der Waals surface area contributed by atoms with Gasteiger partial charge >= 0.3 is 0 Å². The number of rotatable bonds is 0. The summed E-state index contributed by atoms with van der Waals surface area (Å²) in [5, 5.41) is 26.8. The van der Waals surface area contributed by atoms with E-state index >= 15 is 0 Å². The predicted octanol–water partition coefficient (Wildman–Crippen LogP) is -0.306. The molecule has 0 aromatic heterocycles. The Bertz CT molecular complexity index is 197. The van der Waals surface area contributed by atoms with Crippen molar-refractivity contribution in [2.24, 2.45) is 0 Å². The van der Waals surface area contributed by atoms with Crippen molar-refractivity contribution in [3.63, 3.8) is 0 Å². The smallest absolute Gasteiger partial charge is 0.163 e. The molecule has 1 aliphatic heterocycles. The second-order valence-electron chi connectivity index (χ2n) is 2.34. The first kappa shape index (κ1) is 8.10. The van der Waals surface area contributed by atoms with Gasteiger partial charge in [0.15, 0.2) is 5.76 Å². The molecule has 0 aliphatic carbocycles. The average molecular weight is 158 g/mol. The summed E-state index contributed by atoms with van der Waals surface area (Å²) in [7, 11) is 0. The van der Waals surface area contributed by atoms with Crippen molar-refractivity contribution in [2.45, 2.75) is 12.2 Å². The summed E-state index contributed by atoms with van der Waals surface area (Å²) in [5.74, 6) is 0.0281. The van der Waals surface area contributed by atoms with Gasteiger partial charge in [0, 0.05) is 0 Å². The van der Waals surface area contributed by atoms with Crippen LogP contribution in [0.5, 0.6) is 0 Å².